The number of carboxylic acids is 1. The highest BCUT2D eigenvalue weighted by Gasteiger charge is 2.52. The van der Waals surface area contributed by atoms with Crippen LogP contribution in [0.1, 0.15) is 60.7 Å². The van der Waals surface area contributed by atoms with Gasteiger partial charge in [-0.1, -0.05) is 54.6 Å². The fourth-order valence-electron chi connectivity index (χ4n) is 5.42. The number of hydrogen-bond acceptors (Lipinski definition) is 7. The lowest BCUT2D eigenvalue weighted by Gasteiger charge is -2.32. The van der Waals surface area contributed by atoms with Crippen molar-refractivity contribution >= 4 is 25.3 Å². The summed E-state index contributed by atoms with van der Waals surface area (Å²) in [5.74, 6) is -0.589. The fraction of sp³-hybridized carbons (Fsp3) is 0.333. The van der Waals surface area contributed by atoms with Crippen LogP contribution in [0, 0.1) is 0 Å². The zero-order valence-electron chi connectivity index (χ0n) is 25.2. The molecule has 2 aliphatic rings. The van der Waals surface area contributed by atoms with Gasteiger partial charge in [0.15, 0.2) is 11.5 Å². The Morgan fingerprint density at radius 2 is 1.44 bits per heavy atom. The molecule has 0 spiro atoms. The second kappa shape index (κ2) is 11.8. The smallest absolute Gasteiger partial charge is 0.492 e. The number of aromatic carboxylic acids is 1. The second-order valence-electron chi connectivity index (χ2n) is 11.6. The molecule has 1 aliphatic heterocycles. The average molecular weight is 585 g/mol. The van der Waals surface area contributed by atoms with Gasteiger partial charge in [0.05, 0.1) is 31.0 Å². The number of carbonyl (C=O) groups is 2. The first-order valence-corrected chi connectivity index (χ1v) is 14.1. The van der Waals surface area contributed by atoms with Crippen molar-refractivity contribution in [2.45, 2.75) is 44.8 Å². The van der Waals surface area contributed by atoms with Crippen molar-refractivity contribution < 1.29 is 38.2 Å². The van der Waals surface area contributed by atoms with Crippen LogP contribution in [0.3, 0.4) is 0 Å². The zero-order valence-corrected chi connectivity index (χ0v) is 25.2. The summed E-state index contributed by atoms with van der Waals surface area (Å²) in [6.07, 6.45) is 1.02. The van der Waals surface area contributed by atoms with Crippen LogP contribution >= 0.6 is 0 Å². The highest BCUT2D eigenvalue weighted by atomic mass is 16.7. The summed E-state index contributed by atoms with van der Waals surface area (Å²) in [5, 5.41) is 12.8. The van der Waals surface area contributed by atoms with Crippen LogP contribution in [0.15, 0.2) is 66.1 Å². The molecule has 2 N–H and O–H groups in total. The Balaban J connectivity index is 1.39. The Kier molecular flexibility index (Phi) is 8.27. The van der Waals surface area contributed by atoms with Gasteiger partial charge in [0, 0.05) is 12.5 Å². The molecule has 1 aliphatic carbocycles. The van der Waals surface area contributed by atoms with Crippen LogP contribution in [0.25, 0.3) is 17.2 Å². The molecule has 1 fully saturated rings. The first kappa shape index (κ1) is 30.2. The largest absolute Gasteiger partial charge is 0.493 e. The lowest BCUT2D eigenvalue weighted by molar-refractivity contribution is 0.00578. The van der Waals surface area contributed by atoms with Crippen molar-refractivity contribution in [3.8, 4) is 22.6 Å². The molecule has 5 rings (SSSR count). The molecule has 0 unspecified atom stereocenters. The van der Waals surface area contributed by atoms with Gasteiger partial charge < -0.3 is 33.9 Å². The number of ether oxygens (including phenoxy) is 3. The van der Waals surface area contributed by atoms with Crippen LogP contribution in [-0.4, -0.2) is 62.9 Å². The monoisotopic (exact) mass is 585 g/mol. The standard InChI is InChI=1S/C33H36BNO8/c1-32(2)33(3,4)43-34(42-32)21(15-20-16-28(39-5)29(40-6)17-26(20)30(36)37)18-35-31(38)41-19-27-24-13-9-7-11-22(24)23-12-8-10-14-25(23)27/h7-17,27H,18-19H2,1-6H3,(H,35,38)(H,36,37). The number of carboxylic acid groups (broad SMARTS) is 1. The first-order valence-electron chi connectivity index (χ1n) is 14.1. The molecule has 1 amide bonds. The number of nitrogens with one attached hydrogen (secondary N) is 1. The third kappa shape index (κ3) is 5.85. The zero-order chi connectivity index (χ0) is 30.9. The molecule has 0 aromatic heterocycles. The maximum atomic E-state index is 13.0. The SMILES string of the molecule is COc1cc(C=C(CNC(=O)OCC2c3ccccc3-c3ccccc32)B2OC(C)(C)C(C)(C)O2)c(C(=O)O)cc1OC. The molecule has 1 saturated heterocycles. The molecule has 1 heterocycles. The van der Waals surface area contributed by atoms with Crippen molar-refractivity contribution in [2.24, 2.45) is 0 Å². The molecule has 9 nitrogen and oxygen atoms in total. The number of benzene rings is 3. The van der Waals surface area contributed by atoms with E-state index in [2.05, 4.69) is 29.6 Å². The van der Waals surface area contributed by atoms with Crippen LogP contribution < -0.4 is 14.8 Å². The Hall–Kier alpha value is -4.28. The first-order chi connectivity index (χ1) is 20.5. The lowest BCUT2D eigenvalue weighted by atomic mass is 9.76. The quantitative estimate of drug-likeness (QED) is 0.296. The Morgan fingerprint density at radius 3 is 1.98 bits per heavy atom. The van der Waals surface area contributed by atoms with Crippen molar-refractivity contribution in [1.82, 2.24) is 5.32 Å². The molecule has 0 bridgehead atoms. The fourth-order valence-corrected chi connectivity index (χ4v) is 5.42. The van der Waals surface area contributed by atoms with Crippen LogP contribution in [0.2, 0.25) is 0 Å². The van der Waals surface area contributed by atoms with E-state index in [4.69, 9.17) is 23.5 Å². The van der Waals surface area contributed by atoms with Gasteiger partial charge in [-0.15, -0.1) is 0 Å². The molecule has 43 heavy (non-hydrogen) atoms. The Labute approximate surface area is 251 Å². The van der Waals surface area contributed by atoms with Crippen LogP contribution in [0.5, 0.6) is 11.5 Å². The van der Waals surface area contributed by atoms with Crippen molar-refractivity contribution in [3.63, 3.8) is 0 Å². The molecule has 3 aromatic carbocycles. The van der Waals surface area contributed by atoms with Crippen molar-refractivity contribution in [2.75, 3.05) is 27.4 Å². The third-order valence-electron chi connectivity index (χ3n) is 8.46. The minimum Gasteiger partial charge on any atom is -0.493 e. The van der Waals surface area contributed by atoms with Crippen LogP contribution in [0.4, 0.5) is 4.79 Å². The van der Waals surface area contributed by atoms with Gasteiger partial charge in [0.2, 0.25) is 0 Å². The predicted molar refractivity (Wildman–Crippen MR) is 164 cm³/mol. The van der Waals surface area contributed by atoms with E-state index in [1.807, 2.05) is 52.0 Å². The normalized spacial score (nSPS) is 16.8. The van der Waals surface area contributed by atoms with Crippen LogP contribution in [-0.2, 0) is 14.0 Å². The van der Waals surface area contributed by atoms with E-state index in [1.54, 1.807) is 12.1 Å². The number of methoxy groups -OCH3 is 2. The summed E-state index contributed by atoms with van der Waals surface area (Å²) in [4.78, 5) is 25.2. The predicted octanol–water partition coefficient (Wildman–Crippen LogP) is 5.96. The van der Waals surface area contributed by atoms with Gasteiger partial charge in [-0.25, -0.2) is 9.59 Å². The second-order valence-corrected chi connectivity index (χ2v) is 11.6. The summed E-state index contributed by atoms with van der Waals surface area (Å²) < 4.78 is 29.0. The summed E-state index contributed by atoms with van der Waals surface area (Å²) in [6.45, 7) is 7.83. The summed E-state index contributed by atoms with van der Waals surface area (Å²) in [7, 11) is 2.06. The topological polar surface area (TPSA) is 113 Å². The number of amides is 1. The van der Waals surface area contributed by atoms with Gasteiger partial charge in [-0.3, -0.25) is 0 Å². The summed E-state index contributed by atoms with van der Waals surface area (Å²) >= 11 is 0. The van der Waals surface area contributed by atoms with E-state index >= 15 is 0 Å². The molecule has 224 valence electrons. The van der Waals surface area contributed by atoms with Gasteiger partial charge in [-0.05, 0) is 73.1 Å². The molecule has 0 saturated carbocycles. The number of alkyl carbamates (subject to hydrolysis) is 1. The molecule has 0 atom stereocenters. The van der Waals surface area contributed by atoms with Gasteiger partial charge in [-0.2, -0.15) is 0 Å². The number of fused-ring (bicyclic) bond motifs is 3. The molecular weight excluding hydrogens is 549 g/mol. The van der Waals surface area contributed by atoms with E-state index in [-0.39, 0.29) is 30.4 Å². The lowest BCUT2D eigenvalue weighted by Crippen LogP contribution is -2.41. The Bertz CT molecular complexity index is 1520. The minimum atomic E-state index is -1.15. The number of rotatable bonds is 9. The van der Waals surface area contributed by atoms with E-state index in [1.165, 1.54) is 20.3 Å². The van der Waals surface area contributed by atoms with Gasteiger partial charge in [0.1, 0.15) is 6.61 Å². The molecule has 10 heteroatoms. The minimum absolute atomic E-state index is 0.00666. The highest BCUT2D eigenvalue weighted by molar-refractivity contribution is 6.56. The maximum Gasteiger partial charge on any atom is 0.492 e. The Morgan fingerprint density at radius 1 is 0.907 bits per heavy atom. The van der Waals surface area contributed by atoms with E-state index in [0.717, 1.165) is 22.3 Å². The highest BCUT2D eigenvalue weighted by Crippen LogP contribution is 2.44. The number of carbonyl (C=O) groups excluding carboxylic acids is 1. The van der Waals surface area contributed by atoms with Crippen molar-refractivity contribution in [3.05, 3.63) is 88.4 Å². The molecule has 0 radical (unpaired) electrons. The maximum absolute atomic E-state index is 13.0. The van der Waals surface area contributed by atoms with Gasteiger partial charge >= 0.3 is 19.2 Å². The molecular formula is C33H36BNO8. The third-order valence-corrected chi connectivity index (χ3v) is 8.46. The van der Waals surface area contributed by atoms with E-state index in [0.29, 0.717) is 16.8 Å². The summed E-state index contributed by atoms with van der Waals surface area (Å²) in [6, 6.07) is 19.2. The van der Waals surface area contributed by atoms with E-state index in [9.17, 15) is 14.7 Å². The van der Waals surface area contributed by atoms with Gasteiger partial charge in [0.25, 0.3) is 0 Å². The van der Waals surface area contributed by atoms with E-state index < -0.39 is 30.4 Å². The van der Waals surface area contributed by atoms with Crippen molar-refractivity contribution in [1.29, 1.82) is 0 Å². The molecule has 3 aromatic rings. The summed E-state index contributed by atoms with van der Waals surface area (Å²) in [5.41, 5.74) is 4.03. The average Bonchev–Trinajstić information content (AvgIpc) is 3.42. The number of hydrogen-bond donors (Lipinski definition) is 2.